The molecule has 2 aromatic rings. The van der Waals surface area contributed by atoms with Crippen LogP contribution in [0.4, 0.5) is 17.3 Å². The highest BCUT2D eigenvalue weighted by Crippen LogP contribution is 2.39. The fourth-order valence-electron chi connectivity index (χ4n) is 1.92. The molecule has 0 unspecified atom stereocenters. The fraction of sp³-hybridized carbons (Fsp3) is 0.286. The van der Waals surface area contributed by atoms with Gasteiger partial charge in [0.2, 0.25) is 0 Å². The second-order valence-corrected chi connectivity index (χ2v) is 6.25. The molecule has 0 atom stereocenters. The molecule has 0 saturated heterocycles. The molecule has 0 amide bonds. The number of anilines is 3. The number of nitrogen functional groups attached to an aromatic ring is 1. The quantitative estimate of drug-likeness (QED) is 0.858. The SMILES string of the molecule is Cc1c(N)nc(C2CC2)nc1Nc1cc(Cl)ccc1Br. The molecule has 20 heavy (non-hydrogen) atoms. The molecule has 1 fully saturated rings. The van der Waals surface area contributed by atoms with Gasteiger partial charge in [-0.3, -0.25) is 0 Å². The van der Waals surface area contributed by atoms with Gasteiger partial charge in [-0.25, -0.2) is 9.97 Å². The molecule has 104 valence electrons. The van der Waals surface area contributed by atoms with Crippen molar-refractivity contribution in [3.63, 3.8) is 0 Å². The predicted molar refractivity (Wildman–Crippen MR) is 85.6 cm³/mol. The minimum atomic E-state index is 0.459. The first-order valence-electron chi connectivity index (χ1n) is 6.40. The average Bonchev–Trinajstić information content (AvgIpc) is 3.23. The lowest BCUT2D eigenvalue weighted by Crippen LogP contribution is -2.06. The number of benzene rings is 1. The van der Waals surface area contributed by atoms with Crippen molar-refractivity contribution in [1.29, 1.82) is 0 Å². The largest absolute Gasteiger partial charge is 0.383 e. The molecule has 0 spiro atoms. The van der Waals surface area contributed by atoms with Crippen LogP contribution in [0.25, 0.3) is 0 Å². The van der Waals surface area contributed by atoms with E-state index in [4.69, 9.17) is 17.3 Å². The second kappa shape index (κ2) is 5.22. The van der Waals surface area contributed by atoms with Crippen LogP contribution in [0.2, 0.25) is 5.02 Å². The number of hydrogen-bond donors (Lipinski definition) is 2. The molecule has 3 N–H and O–H groups in total. The summed E-state index contributed by atoms with van der Waals surface area (Å²) in [5.74, 6) is 2.56. The third-order valence-corrected chi connectivity index (χ3v) is 4.25. The molecule has 0 radical (unpaired) electrons. The van der Waals surface area contributed by atoms with Crippen molar-refractivity contribution in [2.75, 3.05) is 11.1 Å². The summed E-state index contributed by atoms with van der Waals surface area (Å²) in [6.45, 7) is 1.91. The molecule has 1 aromatic heterocycles. The molecule has 1 aliphatic rings. The van der Waals surface area contributed by atoms with E-state index in [1.807, 2.05) is 25.1 Å². The van der Waals surface area contributed by atoms with E-state index in [9.17, 15) is 0 Å². The summed E-state index contributed by atoms with van der Waals surface area (Å²) < 4.78 is 0.923. The van der Waals surface area contributed by atoms with Crippen molar-refractivity contribution in [2.24, 2.45) is 0 Å². The van der Waals surface area contributed by atoms with Gasteiger partial charge < -0.3 is 11.1 Å². The maximum Gasteiger partial charge on any atom is 0.139 e. The van der Waals surface area contributed by atoms with E-state index < -0.39 is 0 Å². The van der Waals surface area contributed by atoms with Gasteiger partial charge in [0.05, 0.1) is 5.69 Å². The number of halogens is 2. The summed E-state index contributed by atoms with van der Waals surface area (Å²) in [7, 11) is 0. The highest BCUT2D eigenvalue weighted by Gasteiger charge is 2.28. The number of nitrogens with one attached hydrogen (secondary N) is 1. The van der Waals surface area contributed by atoms with Crippen LogP contribution in [-0.4, -0.2) is 9.97 Å². The van der Waals surface area contributed by atoms with Crippen LogP contribution in [-0.2, 0) is 0 Å². The fourth-order valence-corrected chi connectivity index (χ4v) is 2.44. The van der Waals surface area contributed by atoms with E-state index in [0.29, 0.717) is 16.8 Å². The molecule has 1 saturated carbocycles. The Balaban J connectivity index is 1.99. The van der Waals surface area contributed by atoms with Gasteiger partial charge in [-0.1, -0.05) is 11.6 Å². The van der Waals surface area contributed by atoms with Gasteiger partial charge in [0.1, 0.15) is 17.5 Å². The molecule has 4 nitrogen and oxygen atoms in total. The standard InChI is InChI=1S/C14H14BrClN4/c1-7-12(17)19-14(8-2-3-8)20-13(7)18-11-6-9(16)4-5-10(11)15/h4-6,8H,2-3H2,1H3,(H3,17,18,19,20). The number of nitrogens with two attached hydrogens (primary N) is 1. The number of aromatic nitrogens is 2. The first-order valence-corrected chi connectivity index (χ1v) is 7.58. The summed E-state index contributed by atoms with van der Waals surface area (Å²) in [6.07, 6.45) is 2.28. The van der Waals surface area contributed by atoms with Crippen molar-refractivity contribution >= 4 is 44.9 Å². The van der Waals surface area contributed by atoms with Crippen molar-refractivity contribution in [1.82, 2.24) is 9.97 Å². The highest BCUT2D eigenvalue weighted by atomic mass is 79.9. The Hall–Kier alpha value is -1.33. The second-order valence-electron chi connectivity index (χ2n) is 4.96. The lowest BCUT2D eigenvalue weighted by molar-refractivity contribution is 0.927. The van der Waals surface area contributed by atoms with Crippen LogP contribution in [0, 0.1) is 6.92 Å². The van der Waals surface area contributed by atoms with Gasteiger partial charge in [-0.2, -0.15) is 0 Å². The maximum absolute atomic E-state index is 6.03. The van der Waals surface area contributed by atoms with Crippen LogP contribution in [0.5, 0.6) is 0 Å². The molecule has 0 bridgehead atoms. The number of hydrogen-bond acceptors (Lipinski definition) is 4. The zero-order valence-corrected chi connectivity index (χ0v) is 13.3. The Labute approximate surface area is 130 Å². The number of rotatable bonds is 3. The molecule has 0 aliphatic heterocycles. The van der Waals surface area contributed by atoms with Gasteiger partial charge in [0, 0.05) is 21.0 Å². The molecular formula is C14H14BrClN4. The minimum Gasteiger partial charge on any atom is -0.383 e. The van der Waals surface area contributed by atoms with Gasteiger partial charge in [-0.15, -0.1) is 0 Å². The Morgan fingerprint density at radius 3 is 2.80 bits per heavy atom. The predicted octanol–water partition coefficient (Wildman–Crippen LogP) is 4.40. The topological polar surface area (TPSA) is 63.8 Å². The van der Waals surface area contributed by atoms with Gasteiger partial charge >= 0.3 is 0 Å². The van der Waals surface area contributed by atoms with Crippen molar-refractivity contribution in [3.05, 3.63) is 39.1 Å². The summed E-state index contributed by atoms with van der Waals surface area (Å²) in [5.41, 5.74) is 7.69. The molecule has 1 heterocycles. The third kappa shape index (κ3) is 2.74. The Kier molecular flexibility index (Phi) is 3.56. The first kappa shape index (κ1) is 13.6. The van der Waals surface area contributed by atoms with Crippen LogP contribution in [0.15, 0.2) is 22.7 Å². The van der Waals surface area contributed by atoms with E-state index in [1.54, 1.807) is 0 Å². The third-order valence-electron chi connectivity index (χ3n) is 3.32. The number of nitrogens with zero attached hydrogens (tertiary/aromatic N) is 2. The van der Waals surface area contributed by atoms with E-state index in [-0.39, 0.29) is 0 Å². The lowest BCUT2D eigenvalue weighted by atomic mass is 10.2. The molecule has 1 aromatic carbocycles. The molecule has 3 rings (SSSR count). The van der Waals surface area contributed by atoms with Crippen molar-refractivity contribution in [3.8, 4) is 0 Å². The lowest BCUT2D eigenvalue weighted by Gasteiger charge is -2.13. The van der Waals surface area contributed by atoms with Crippen molar-refractivity contribution < 1.29 is 0 Å². The average molecular weight is 354 g/mol. The Morgan fingerprint density at radius 1 is 1.35 bits per heavy atom. The Morgan fingerprint density at radius 2 is 2.10 bits per heavy atom. The van der Waals surface area contributed by atoms with Crippen molar-refractivity contribution in [2.45, 2.75) is 25.7 Å². The molecule has 6 heteroatoms. The van der Waals surface area contributed by atoms with E-state index in [1.165, 1.54) is 0 Å². The summed E-state index contributed by atoms with van der Waals surface area (Å²) in [6, 6.07) is 5.57. The summed E-state index contributed by atoms with van der Waals surface area (Å²) in [4.78, 5) is 8.96. The van der Waals surface area contributed by atoms with Crippen LogP contribution in [0.1, 0.15) is 30.1 Å². The van der Waals surface area contributed by atoms with Crippen LogP contribution < -0.4 is 11.1 Å². The van der Waals surface area contributed by atoms with Gasteiger partial charge in [0.15, 0.2) is 0 Å². The first-order chi connectivity index (χ1) is 9.54. The normalized spacial score (nSPS) is 14.3. The summed E-state index contributed by atoms with van der Waals surface area (Å²) >= 11 is 9.52. The van der Waals surface area contributed by atoms with E-state index >= 15 is 0 Å². The van der Waals surface area contributed by atoms with Gasteiger partial charge in [0.25, 0.3) is 0 Å². The van der Waals surface area contributed by atoms with Crippen LogP contribution in [0.3, 0.4) is 0 Å². The molecule has 1 aliphatic carbocycles. The van der Waals surface area contributed by atoms with E-state index in [2.05, 4.69) is 31.2 Å². The summed E-state index contributed by atoms with van der Waals surface area (Å²) in [5, 5.41) is 3.95. The smallest absolute Gasteiger partial charge is 0.139 e. The van der Waals surface area contributed by atoms with E-state index in [0.717, 1.165) is 40.2 Å². The zero-order chi connectivity index (χ0) is 14.3. The molecular weight excluding hydrogens is 340 g/mol. The monoisotopic (exact) mass is 352 g/mol. The zero-order valence-electron chi connectivity index (χ0n) is 11.0. The maximum atomic E-state index is 6.03. The minimum absolute atomic E-state index is 0.459. The highest BCUT2D eigenvalue weighted by molar-refractivity contribution is 9.10. The van der Waals surface area contributed by atoms with Crippen LogP contribution >= 0.6 is 27.5 Å². The van der Waals surface area contributed by atoms with Gasteiger partial charge in [-0.05, 0) is 53.9 Å². The Bertz CT molecular complexity index is 670.